The standard InChI is InChI=1S/C13H13ClFN3O2S/c1-2-16-12-4-3-7-17-13(12)21(19,20)18-9-5-6-10(14)11(15)8-9/h3-8,16,18H,2H2,1H3. The molecule has 1 aromatic carbocycles. The van der Waals surface area contributed by atoms with E-state index in [-0.39, 0.29) is 15.7 Å². The van der Waals surface area contributed by atoms with E-state index in [1.165, 1.54) is 18.3 Å². The fourth-order valence-electron chi connectivity index (χ4n) is 1.69. The van der Waals surface area contributed by atoms with Gasteiger partial charge in [-0.1, -0.05) is 11.6 Å². The Labute approximate surface area is 127 Å². The van der Waals surface area contributed by atoms with Gasteiger partial charge in [0.1, 0.15) is 5.82 Å². The highest BCUT2D eigenvalue weighted by atomic mass is 35.5. The smallest absolute Gasteiger partial charge is 0.281 e. The molecule has 2 rings (SSSR count). The molecule has 0 bridgehead atoms. The van der Waals surface area contributed by atoms with Gasteiger partial charge < -0.3 is 5.32 Å². The maximum atomic E-state index is 13.4. The summed E-state index contributed by atoms with van der Waals surface area (Å²) in [6, 6.07) is 6.89. The van der Waals surface area contributed by atoms with Crippen molar-refractivity contribution in [1.29, 1.82) is 0 Å². The van der Waals surface area contributed by atoms with Crippen LogP contribution >= 0.6 is 11.6 Å². The Hall–Kier alpha value is -1.86. The van der Waals surface area contributed by atoms with Crippen LogP contribution in [-0.4, -0.2) is 19.9 Å². The molecule has 0 aliphatic carbocycles. The first kappa shape index (κ1) is 15.5. The molecule has 0 saturated heterocycles. The van der Waals surface area contributed by atoms with Gasteiger partial charge >= 0.3 is 0 Å². The molecule has 1 aromatic heterocycles. The molecule has 0 fully saturated rings. The number of nitrogens with one attached hydrogen (secondary N) is 2. The first-order chi connectivity index (χ1) is 9.94. The number of halogens is 2. The summed E-state index contributed by atoms with van der Waals surface area (Å²) in [6.07, 6.45) is 1.37. The van der Waals surface area contributed by atoms with Crippen LogP contribution < -0.4 is 10.0 Å². The zero-order valence-corrected chi connectivity index (χ0v) is 12.7. The van der Waals surface area contributed by atoms with E-state index in [0.717, 1.165) is 6.07 Å². The van der Waals surface area contributed by atoms with Crippen LogP contribution in [0.2, 0.25) is 5.02 Å². The van der Waals surface area contributed by atoms with Gasteiger partial charge in [0.25, 0.3) is 10.0 Å². The Morgan fingerprint density at radius 2 is 2.10 bits per heavy atom. The molecule has 2 aromatic rings. The van der Waals surface area contributed by atoms with Crippen molar-refractivity contribution in [2.45, 2.75) is 11.9 Å². The van der Waals surface area contributed by atoms with Gasteiger partial charge in [0, 0.05) is 12.7 Å². The minimum absolute atomic E-state index is 0.0741. The van der Waals surface area contributed by atoms with Gasteiger partial charge in [0.15, 0.2) is 5.03 Å². The molecule has 5 nitrogen and oxygen atoms in total. The zero-order chi connectivity index (χ0) is 15.5. The third kappa shape index (κ3) is 3.62. The molecule has 0 amide bonds. The van der Waals surface area contributed by atoms with Crippen molar-refractivity contribution in [2.75, 3.05) is 16.6 Å². The first-order valence-corrected chi connectivity index (χ1v) is 7.97. The molecule has 2 N–H and O–H groups in total. The summed E-state index contributed by atoms with van der Waals surface area (Å²) < 4.78 is 40.3. The summed E-state index contributed by atoms with van der Waals surface area (Å²) in [5.74, 6) is -0.704. The number of aromatic nitrogens is 1. The van der Waals surface area contributed by atoms with Gasteiger partial charge in [0.05, 0.1) is 16.4 Å². The number of anilines is 2. The van der Waals surface area contributed by atoms with Gasteiger partial charge in [0.2, 0.25) is 0 Å². The predicted octanol–water partition coefficient (Wildman–Crippen LogP) is 3.11. The van der Waals surface area contributed by atoms with Crippen LogP contribution in [0.5, 0.6) is 0 Å². The average Bonchev–Trinajstić information content (AvgIpc) is 2.43. The van der Waals surface area contributed by atoms with Crippen molar-refractivity contribution in [3.63, 3.8) is 0 Å². The third-order valence-corrected chi connectivity index (χ3v) is 4.21. The van der Waals surface area contributed by atoms with Gasteiger partial charge in [-0.05, 0) is 37.3 Å². The number of pyridine rings is 1. The molecule has 0 unspecified atom stereocenters. The van der Waals surface area contributed by atoms with Crippen molar-refractivity contribution in [3.8, 4) is 0 Å². The van der Waals surface area contributed by atoms with Crippen LogP contribution in [0.4, 0.5) is 15.8 Å². The molecular formula is C13H13ClFN3O2S. The van der Waals surface area contributed by atoms with Crippen LogP contribution in [0.15, 0.2) is 41.6 Å². The molecule has 21 heavy (non-hydrogen) atoms. The van der Waals surface area contributed by atoms with E-state index in [9.17, 15) is 12.8 Å². The molecule has 8 heteroatoms. The summed E-state index contributed by atoms with van der Waals surface area (Å²) in [7, 11) is -3.93. The second-order valence-electron chi connectivity index (χ2n) is 4.12. The van der Waals surface area contributed by atoms with Crippen molar-refractivity contribution < 1.29 is 12.8 Å². The quantitative estimate of drug-likeness (QED) is 0.884. The summed E-state index contributed by atoms with van der Waals surface area (Å²) in [5, 5.41) is 2.68. The highest BCUT2D eigenvalue weighted by Crippen LogP contribution is 2.23. The topological polar surface area (TPSA) is 71.1 Å². The van der Waals surface area contributed by atoms with Crippen LogP contribution in [0.1, 0.15) is 6.92 Å². The van der Waals surface area contributed by atoms with Crippen molar-refractivity contribution >= 4 is 33.0 Å². The second kappa shape index (κ2) is 6.28. The molecular weight excluding hydrogens is 317 g/mol. The summed E-state index contributed by atoms with van der Waals surface area (Å²) in [4.78, 5) is 3.87. The molecule has 0 spiro atoms. The minimum atomic E-state index is -3.93. The number of rotatable bonds is 5. The fourth-order valence-corrected chi connectivity index (χ4v) is 2.97. The lowest BCUT2D eigenvalue weighted by Gasteiger charge is -2.12. The van der Waals surface area contributed by atoms with E-state index in [1.54, 1.807) is 12.1 Å². The summed E-state index contributed by atoms with van der Waals surface area (Å²) >= 11 is 5.56. The number of benzene rings is 1. The highest BCUT2D eigenvalue weighted by molar-refractivity contribution is 7.92. The predicted molar refractivity (Wildman–Crippen MR) is 80.6 cm³/mol. The Bertz CT molecular complexity index is 753. The lowest BCUT2D eigenvalue weighted by Crippen LogP contribution is -2.17. The van der Waals surface area contributed by atoms with Gasteiger partial charge in [-0.2, -0.15) is 8.42 Å². The number of nitrogens with zero attached hydrogens (tertiary/aromatic N) is 1. The number of hydrogen-bond donors (Lipinski definition) is 2. The summed E-state index contributed by atoms with van der Waals surface area (Å²) in [6.45, 7) is 2.38. The number of hydrogen-bond acceptors (Lipinski definition) is 4. The Balaban J connectivity index is 2.36. The Morgan fingerprint density at radius 1 is 1.33 bits per heavy atom. The SMILES string of the molecule is CCNc1cccnc1S(=O)(=O)Nc1ccc(Cl)c(F)c1. The Morgan fingerprint density at radius 3 is 2.76 bits per heavy atom. The molecule has 112 valence electrons. The highest BCUT2D eigenvalue weighted by Gasteiger charge is 2.20. The van der Waals surface area contributed by atoms with Gasteiger partial charge in [-0.25, -0.2) is 9.37 Å². The molecule has 0 atom stereocenters. The van der Waals surface area contributed by atoms with Crippen molar-refractivity contribution in [3.05, 3.63) is 47.4 Å². The van der Waals surface area contributed by atoms with E-state index in [1.807, 2.05) is 6.92 Å². The van der Waals surface area contributed by atoms with Crippen LogP contribution in [0, 0.1) is 5.82 Å². The van der Waals surface area contributed by atoms with E-state index in [0.29, 0.717) is 12.2 Å². The molecule has 0 aliphatic heterocycles. The van der Waals surface area contributed by atoms with Crippen LogP contribution in [-0.2, 0) is 10.0 Å². The molecule has 0 aliphatic rings. The normalized spacial score (nSPS) is 11.2. The van der Waals surface area contributed by atoms with Crippen LogP contribution in [0.25, 0.3) is 0 Å². The van der Waals surface area contributed by atoms with E-state index < -0.39 is 15.8 Å². The maximum absolute atomic E-state index is 13.4. The molecule has 1 heterocycles. The lowest BCUT2D eigenvalue weighted by molar-refractivity contribution is 0.598. The zero-order valence-electron chi connectivity index (χ0n) is 11.1. The average molecular weight is 330 g/mol. The maximum Gasteiger partial charge on any atom is 0.281 e. The second-order valence-corrected chi connectivity index (χ2v) is 6.13. The van der Waals surface area contributed by atoms with Crippen molar-refractivity contribution in [1.82, 2.24) is 4.98 Å². The minimum Gasteiger partial charge on any atom is -0.383 e. The lowest BCUT2D eigenvalue weighted by atomic mass is 10.3. The largest absolute Gasteiger partial charge is 0.383 e. The molecule has 0 saturated carbocycles. The number of sulfonamides is 1. The Kier molecular flexibility index (Phi) is 4.64. The fraction of sp³-hybridized carbons (Fsp3) is 0.154. The van der Waals surface area contributed by atoms with E-state index in [2.05, 4.69) is 15.0 Å². The monoisotopic (exact) mass is 329 g/mol. The van der Waals surface area contributed by atoms with E-state index in [4.69, 9.17) is 11.6 Å². The van der Waals surface area contributed by atoms with Crippen LogP contribution in [0.3, 0.4) is 0 Å². The van der Waals surface area contributed by atoms with Gasteiger partial charge in [-0.15, -0.1) is 0 Å². The van der Waals surface area contributed by atoms with E-state index >= 15 is 0 Å². The first-order valence-electron chi connectivity index (χ1n) is 6.11. The van der Waals surface area contributed by atoms with Crippen molar-refractivity contribution in [2.24, 2.45) is 0 Å². The molecule has 0 radical (unpaired) electrons. The van der Waals surface area contributed by atoms with Gasteiger partial charge in [-0.3, -0.25) is 4.72 Å². The summed E-state index contributed by atoms with van der Waals surface area (Å²) in [5.41, 5.74) is 0.451. The third-order valence-electron chi connectivity index (χ3n) is 2.56.